The molecule has 0 amide bonds. The minimum Gasteiger partial charge on any atom is -0.317 e. The summed E-state index contributed by atoms with van der Waals surface area (Å²) < 4.78 is 0. The Bertz CT molecular complexity index is 247. The van der Waals surface area contributed by atoms with Crippen molar-refractivity contribution in [1.29, 1.82) is 0 Å². The van der Waals surface area contributed by atoms with Crippen LogP contribution in [0.2, 0.25) is 0 Å². The average molecular weight is 189 g/mol. The van der Waals surface area contributed by atoms with Gasteiger partial charge in [-0.1, -0.05) is 5.92 Å². The van der Waals surface area contributed by atoms with Gasteiger partial charge in [0.2, 0.25) is 0 Å². The van der Waals surface area contributed by atoms with Gasteiger partial charge < -0.3 is 5.73 Å². The molecule has 0 aromatic carbocycles. The van der Waals surface area contributed by atoms with Gasteiger partial charge in [-0.05, 0) is 61.7 Å². The van der Waals surface area contributed by atoms with Gasteiger partial charge in [0.05, 0.1) is 6.04 Å². The summed E-state index contributed by atoms with van der Waals surface area (Å²) >= 11 is 0. The lowest BCUT2D eigenvalue weighted by Crippen LogP contribution is -2.51. The van der Waals surface area contributed by atoms with E-state index in [1.54, 1.807) is 0 Å². The van der Waals surface area contributed by atoms with Crippen LogP contribution in [0.4, 0.5) is 0 Å². The number of nitrogens with two attached hydrogens (primary N) is 1. The quantitative estimate of drug-likeness (QED) is 0.627. The molecule has 4 aliphatic rings. The van der Waals surface area contributed by atoms with Gasteiger partial charge in [-0.15, -0.1) is 6.42 Å². The Morgan fingerprint density at radius 2 is 1.50 bits per heavy atom. The summed E-state index contributed by atoms with van der Waals surface area (Å²) in [6, 6.07) is 0.0324. The molecule has 0 aromatic rings. The zero-order chi connectivity index (χ0) is 9.71. The summed E-state index contributed by atoms with van der Waals surface area (Å²) in [5.41, 5.74) is 6.06. The Morgan fingerprint density at radius 1 is 1.00 bits per heavy atom. The maximum Gasteiger partial charge on any atom is 0.0695 e. The average Bonchev–Trinajstić information content (AvgIpc) is 2.15. The smallest absolute Gasteiger partial charge is 0.0695 e. The van der Waals surface area contributed by atoms with Crippen molar-refractivity contribution >= 4 is 0 Å². The fraction of sp³-hybridized carbons (Fsp3) is 0.846. The molecule has 4 saturated carbocycles. The van der Waals surface area contributed by atoms with Crippen LogP contribution in [0.25, 0.3) is 0 Å². The monoisotopic (exact) mass is 189 g/mol. The van der Waals surface area contributed by atoms with Crippen molar-refractivity contribution in [3.63, 3.8) is 0 Å². The van der Waals surface area contributed by atoms with Gasteiger partial charge in [0.15, 0.2) is 0 Å². The fourth-order valence-corrected chi connectivity index (χ4v) is 4.66. The molecule has 14 heavy (non-hydrogen) atoms. The molecule has 4 fully saturated rings. The lowest BCUT2D eigenvalue weighted by atomic mass is 9.50. The highest BCUT2D eigenvalue weighted by molar-refractivity contribution is 5.09. The van der Waals surface area contributed by atoms with E-state index in [0.29, 0.717) is 5.92 Å². The molecule has 1 nitrogen and oxygen atoms in total. The summed E-state index contributed by atoms with van der Waals surface area (Å²) in [6.07, 6.45) is 12.7. The van der Waals surface area contributed by atoms with Crippen molar-refractivity contribution < 1.29 is 0 Å². The van der Waals surface area contributed by atoms with Gasteiger partial charge in [0, 0.05) is 0 Å². The normalized spacial score (nSPS) is 51.6. The molecule has 0 heterocycles. The molecule has 0 aromatic heterocycles. The van der Waals surface area contributed by atoms with E-state index in [1.165, 1.54) is 32.1 Å². The highest BCUT2D eigenvalue weighted by Crippen LogP contribution is 2.57. The highest BCUT2D eigenvalue weighted by Gasteiger charge is 2.49. The minimum atomic E-state index is 0.0324. The summed E-state index contributed by atoms with van der Waals surface area (Å²) in [7, 11) is 0. The lowest BCUT2D eigenvalue weighted by Gasteiger charge is -2.55. The zero-order valence-corrected chi connectivity index (χ0v) is 8.65. The van der Waals surface area contributed by atoms with Crippen molar-refractivity contribution in [2.45, 2.75) is 38.1 Å². The summed E-state index contributed by atoms with van der Waals surface area (Å²) in [5.74, 6) is 7.23. The maximum absolute atomic E-state index is 6.06. The van der Waals surface area contributed by atoms with Crippen LogP contribution < -0.4 is 5.73 Å². The van der Waals surface area contributed by atoms with Crippen molar-refractivity contribution in [2.24, 2.45) is 35.3 Å². The van der Waals surface area contributed by atoms with Gasteiger partial charge in [-0.2, -0.15) is 0 Å². The van der Waals surface area contributed by atoms with E-state index in [2.05, 4.69) is 5.92 Å². The first kappa shape index (κ1) is 8.80. The maximum atomic E-state index is 6.06. The zero-order valence-electron chi connectivity index (χ0n) is 8.65. The van der Waals surface area contributed by atoms with Gasteiger partial charge in [0.25, 0.3) is 0 Å². The standard InChI is InChI=1S/C13H19N/c1-2-12(14)13-10-4-8-3-9(6-10)7-11(13)5-8/h1,8-13H,3-7,14H2. The summed E-state index contributed by atoms with van der Waals surface area (Å²) in [4.78, 5) is 0. The van der Waals surface area contributed by atoms with E-state index in [0.717, 1.165) is 23.7 Å². The van der Waals surface area contributed by atoms with E-state index < -0.39 is 0 Å². The Labute approximate surface area is 86.4 Å². The largest absolute Gasteiger partial charge is 0.317 e. The first-order valence-corrected chi connectivity index (χ1v) is 5.99. The van der Waals surface area contributed by atoms with Crippen LogP contribution in [-0.4, -0.2) is 6.04 Å². The molecule has 0 saturated heterocycles. The van der Waals surface area contributed by atoms with Crippen LogP contribution in [0.1, 0.15) is 32.1 Å². The second-order valence-electron chi connectivity index (χ2n) is 5.70. The van der Waals surface area contributed by atoms with E-state index >= 15 is 0 Å². The van der Waals surface area contributed by atoms with Gasteiger partial charge in [-0.3, -0.25) is 0 Å². The van der Waals surface area contributed by atoms with Gasteiger partial charge in [0.1, 0.15) is 0 Å². The molecule has 1 atom stereocenters. The number of rotatable bonds is 1. The third kappa shape index (κ3) is 1.13. The molecule has 1 heteroatoms. The first-order valence-electron chi connectivity index (χ1n) is 5.99. The molecule has 1 unspecified atom stereocenters. The molecular formula is C13H19N. The molecule has 0 aliphatic heterocycles. The Balaban J connectivity index is 1.85. The number of terminal acetylenes is 1. The summed E-state index contributed by atoms with van der Waals surface area (Å²) in [5, 5.41) is 0. The van der Waals surface area contributed by atoms with Gasteiger partial charge in [-0.25, -0.2) is 0 Å². The highest BCUT2D eigenvalue weighted by atomic mass is 14.7. The predicted molar refractivity (Wildman–Crippen MR) is 57.3 cm³/mol. The molecule has 4 aliphatic carbocycles. The second-order valence-corrected chi connectivity index (χ2v) is 5.70. The van der Waals surface area contributed by atoms with Gasteiger partial charge >= 0.3 is 0 Å². The lowest BCUT2D eigenvalue weighted by molar-refractivity contribution is -0.0398. The van der Waals surface area contributed by atoms with Crippen molar-refractivity contribution in [2.75, 3.05) is 0 Å². The van der Waals surface area contributed by atoms with Crippen LogP contribution in [-0.2, 0) is 0 Å². The molecular weight excluding hydrogens is 170 g/mol. The third-order valence-corrected chi connectivity index (χ3v) is 4.91. The van der Waals surface area contributed by atoms with Crippen LogP contribution in [0.3, 0.4) is 0 Å². The van der Waals surface area contributed by atoms with Crippen LogP contribution in [0, 0.1) is 41.9 Å². The predicted octanol–water partition coefficient (Wildman–Crippen LogP) is 2.02. The van der Waals surface area contributed by atoms with Crippen molar-refractivity contribution in [3.8, 4) is 12.3 Å². The Morgan fingerprint density at radius 3 is 1.93 bits per heavy atom. The summed E-state index contributed by atoms with van der Waals surface area (Å²) in [6.45, 7) is 0. The molecule has 4 rings (SSSR count). The van der Waals surface area contributed by atoms with Crippen LogP contribution in [0.15, 0.2) is 0 Å². The van der Waals surface area contributed by atoms with Crippen LogP contribution >= 0.6 is 0 Å². The topological polar surface area (TPSA) is 26.0 Å². The van der Waals surface area contributed by atoms with E-state index in [9.17, 15) is 0 Å². The molecule has 4 bridgehead atoms. The molecule has 0 radical (unpaired) electrons. The molecule has 2 N–H and O–H groups in total. The van der Waals surface area contributed by atoms with Crippen LogP contribution in [0.5, 0.6) is 0 Å². The van der Waals surface area contributed by atoms with E-state index in [4.69, 9.17) is 12.2 Å². The second kappa shape index (κ2) is 3.00. The van der Waals surface area contributed by atoms with Crippen molar-refractivity contribution in [1.82, 2.24) is 0 Å². The first-order chi connectivity index (χ1) is 6.78. The Kier molecular flexibility index (Phi) is 1.89. The van der Waals surface area contributed by atoms with E-state index in [-0.39, 0.29) is 6.04 Å². The fourth-order valence-electron chi connectivity index (χ4n) is 4.66. The minimum absolute atomic E-state index is 0.0324. The Hall–Kier alpha value is -0.480. The SMILES string of the molecule is C#CC(N)C1C2CC3CC(C2)CC1C3. The molecule has 76 valence electrons. The number of hydrogen-bond acceptors (Lipinski definition) is 1. The van der Waals surface area contributed by atoms with Crippen molar-refractivity contribution in [3.05, 3.63) is 0 Å². The van der Waals surface area contributed by atoms with E-state index in [1.807, 2.05) is 0 Å². The third-order valence-electron chi connectivity index (χ3n) is 4.91. The molecule has 0 spiro atoms. The number of hydrogen-bond donors (Lipinski definition) is 1.